The van der Waals surface area contributed by atoms with Crippen LogP contribution in [0, 0.1) is 23.7 Å². The van der Waals surface area contributed by atoms with Crippen LogP contribution >= 0.6 is 0 Å². The maximum absolute atomic E-state index is 11.8. The lowest BCUT2D eigenvalue weighted by Crippen LogP contribution is -2.41. The molecule has 0 spiro atoms. The first-order chi connectivity index (χ1) is 7.57. The summed E-state index contributed by atoms with van der Waals surface area (Å²) in [5.41, 5.74) is 0. The van der Waals surface area contributed by atoms with Crippen LogP contribution in [0.4, 0.5) is 0 Å². The van der Waals surface area contributed by atoms with Gasteiger partial charge in [0.05, 0.1) is 30.8 Å². The third-order valence-corrected chi connectivity index (χ3v) is 3.87. The zero-order valence-corrected chi connectivity index (χ0v) is 8.45. The molecule has 16 heavy (non-hydrogen) atoms. The van der Waals surface area contributed by atoms with Crippen LogP contribution in [0.15, 0.2) is 0 Å². The molecule has 3 aliphatic rings. The van der Waals surface area contributed by atoms with Gasteiger partial charge in [-0.2, -0.15) is 0 Å². The first-order valence-corrected chi connectivity index (χ1v) is 5.08. The van der Waals surface area contributed by atoms with Crippen LogP contribution < -0.4 is 0 Å². The number of carbonyl (C=O) groups excluding carboxylic acids is 3. The molecule has 1 saturated heterocycles. The van der Waals surface area contributed by atoms with Gasteiger partial charge in [0, 0.05) is 0 Å². The van der Waals surface area contributed by atoms with Gasteiger partial charge < -0.3 is 14.6 Å². The normalized spacial score (nSPS) is 48.4. The number of hydrogen-bond donors (Lipinski definition) is 1. The van der Waals surface area contributed by atoms with Crippen molar-refractivity contribution in [2.24, 2.45) is 23.7 Å². The van der Waals surface area contributed by atoms with Crippen molar-refractivity contribution < 1.29 is 29.0 Å². The molecule has 1 heterocycles. The molecule has 6 unspecified atom stereocenters. The summed E-state index contributed by atoms with van der Waals surface area (Å²) in [6.45, 7) is 0. The van der Waals surface area contributed by atoms with Crippen LogP contribution in [0.5, 0.6) is 0 Å². The molecular formula is C10H10O6. The van der Waals surface area contributed by atoms with Crippen molar-refractivity contribution in [1.82, 2.24) is 0 Å². The Bertz CT molecular complexity index is 402. The highest BCUT2D eigenvalue weighted by atomic mass is 16.6. The van der Waals surface area contributed by atoms with E-state index in [1.807, 2.05) is 0 Å². The standard InChI is InChI=1S/C10H10O6/c1-15-9(13)2-3-5-6(11)4(2)7(12)8(5)16-10(3)14/h2-5,7-8,12H,1H3. The van der Waals surface area contributed by atoms with Crippen molar-refractivity contribution in [3.8, 4) is 0 Å². The number of carbonyl (C=O) groups is 3. The second-order valence-electron chi connectivity index (χ2n) is 4.42. The first kappa shape index (κ1) is 9.77. The highest BCUT2D eigenvalue weighted by Crippen LogP contribution is 2.55. The first-order valence-electron chi connectivity index (χ1n) is 5.08. The van der Waals surface area contributed by atoms with Crippen LogP contribution in [0.2, 0.25) is 0 Å². The molecule has 0 amide bonds. The number of ether oxygens (including phenoxy) is 2. The third-order valence-electron chi connectivity index (χ3n) is 3.87. The fourth-order valence-electron chi connectivity index (χ4n) is 3.26. The van der Waals surface area contributed by atoms with Crippen molar-refractivity contribution in [2.45, 2.75) is 12.2 Å². The predicted octanol–water partition coefficient (Wildman–Crippen LogP) is -1.49. The Morgan fingerprint density at radius 3 is 2.62 bits per heavy atom. The number of aliphatic hydroxyl groups is 1. The summed E-state index contributed by atoms with van der Waals surface area (Å²) < 4.78 is 9.50. The van der Waals surface area contributed by atoms with Crippen LogP contribution in [-0.2, 0) is 23.9 Å². The van der Waals surface area contributed by atoms with E-state index in [0.29, 0.717) is 0 Å². The molecule has 1 aliphatic heterocycles. The quantitative estimate of drug-likeness (QED) is 0.548. The van der Waals surface area contributed by atoms with Gasteiger partial charge in [0.25, 0.3) is 0 Å². The Morgan fingerprint density at radius 2 is 2.00 bits per heavy atom. The second-order valence-corrected chi connectivity index (χ2v) is 4.42. The number of esters is 2. The van der Waals surface area contributed by atoms with Crippen molar-refractivity contribution in [2.75, 3.05) is 7.11 Å². The minimum Gasteiger partial charge on any atom is -0.469 e. The summed E-state index contributed by atoms with van der Waals surface area (Å²) in [4.78, 5) is 34.9. The molecule has 1 N–H and O–H groups in total. The molecule has 2 bridgehead atoms. The highest BCUT2D eigenvalue weighted by Gasteiger charge is 2.73. The van der Waals surface area contributed by atoms with Gasteiger partial charge in [0.15, 0.2) is 0 Å². The van der Waals surface area contributed by atoms with Gasteiger partial charge >= 0.3 is 11.9 Å². The molecule has 6 heteroatoms. The average Bonchev–Trinajstić information content (AvgIpc) is 2.79. The van der Waals surface area contributed by atoms with E-state index in [1.165, 1.54) is 7.11 Å². The third kappa shape index (κ3) is 0.847. The Balaban J connectivity index is 2.07. The van der Waals surface area contributed by atoms with E-state index in [9.17, 15) is 19.5 Å². The predicted molar refractivity (Wildman–Crippen MR) is 46.9 cm³/mol. The maximum Gasteiger partial charge on any atom is 0.311 e. The molecule has 0 aromatic carbocycles. The highest BCUT2D eigenvalue weighted by molar-refractivity contribution is 6.03. The molecule has 6 nitrogen and oxygen atoms in total. The van der Waals surface area contributed by atoms with E-state index >= 15 is 0 Å². The van der Waals surface area contributed by atoms with Crippen LogP contribution in [-0.4, -0.2) is 42.1 Å². The molecule has 2 aliphatic carbocycles. The Hall–Kier alpha value is -1.43. The lowest BCUT2D eigenvalue weighted by Gasteiger charge is -2.24. The number of ketones is 1. The van der Waals surface area contributed by atoms with Crippen molar-refractivity contribution in [3.63, 3.8) is 0 Å². The summed E-state index contributed by atoms with van der Waals surface area (Å²) in [5, 5.41) is 9.80. The topological polar surface area (TPSA) is 89.9 Å². The van der Waals surface area contributed by atoms with Crippen LogP contribution in [0.25, 0.3) is 0 Å². The minimum absolute atomic E-state index is 0.247. The van der Waals surface area contributed by atoms with E-state index in [4.69, 9.17) is 4.74 Å². The lowest BCUT2D eigenvalue weighted by molar-refractivity contribution is -0.154. The molecule has 3 fully saturated rings. The fraction of sp³-hybridized carbons (Fsp3) is 0.700. The summed E-state index contributed by atoms with van der Waals surface area (Å²) in [5.74, 6) is -4.55. The molecular weight excluding hydrogens is 216 g/mol. The second kappa shape index (κ2) is 2.82. The van der Waals surface area contributed by atoms with Crippen LogP contribution in [0.1, 0.15) is 0 Å². The molecule has 6 atom stereocenters. The number of rotatable bonds is 1. The fourth-order valence-corrected chi connectivity index (χ4v) is 3.26. The van der Waals surface area contributed by atoms with Crippen molar-refractivity contribution in [3.05, 3.63) is 0 Å². The Kier molecular flexibility index (Phi) is 1.72. The molecule has 0 aromatic rings. The average molecular weight is 226 g/mol. The molecule has 3 rings (SSSR count). The molecule has 0 radical (unpaired) electrons. The largest absolute Gasteiger partial charge is 0.469 e. The van der Waals surface area contributed by atoms with Gasteiger partial charge in [-0.1, -0.05) is 0 Å². The summed E-state index contributed by atoms with van der Waals surface area (Å²) in [7, 11) is 1.20. The smallest absolute Gasteiger partial charge is 0.311 e. The molecule has 86 valence electrons. The number of fused-ring (bicyclic) bond motifs is 1. The maximum atomic E-state index is 11.8. The van der Waals surface area contributed by atoms with E-state index in [-0.39, 0.29) is 5.78 Å². The molecule has 2 saturated carbocycles. The van der Waals surface area contributed by atoms with Gasteiger partial charge in [-0.3, -0.25) is 14.4 Å². The van der Waals surface area contributed by atoms with Gasteiger partial charge in [-0.25, -0.2) is 0 Å². The summed E-state index contributed by atoms with van der Waals surface area (Å²) in [6, 6.07) is 0. The number of methoxy groups -OCH3 is 1. The minimum atomic E-state index is -1.07. The Morgan fingerprint density at radius 1 is 1.31 bits per heavy atom. The zero-order chi connectivity index (χ0) is 11.6. The van der Waals surface area contributed by atoms with E-state index < -0.39 is 47.8 Å². The van der Waals surface area contributed by atoms with Gasteiger partial charge in [0.1, 0.15) is 18.0 Å². The lowest BCUT2D eigenvalue weighted by atomic mass is 9.78. The molecule has 0 aromatic heterocycles. The summed E-state index contributed by atoms with van der Waals surface area (Å²) >= 11 is 0. The SMILES string of the molecule is COC(=O)C1C2C(=O)C3C(OC(=O)C31)C2O. The summed E-state index contributed by atoms with van der Waals surface area (Å²) in [6.07, 6.45) is -1.82. The van der Waals surface area contributed by atoms with Gasteiger partial charge in [-0.05, 0) is 0 Å². The van der Waals surface area contributed by atoms with E-state index in [2.05, 4.69) is 4.74 Å². The van der Waals surface area contributed by atoms with Gasteiger partial charge in [-0.15, -0.1) is 0 Å². The monoisotopic (exact) mass is 226 g/mol. The zero-order valence-electron chi connectivity index (χ0n) is 8.45. The van der Waals surface area contributed by atoms with E-state index in [1.54, 1.807) is 0 Å². The van der Waals surface area contributed by atoms with Crippen molar-refractivity contribution in [1.29, 1.82) is 0 Å². The van der Waals surface area contributed by atoms with Crippen LogP contribution in [0.3, 0.4) is 0 Å². The Labute approximate surface area is 90.5 Å². The van der Waals surface area contributed by atoms with Gasteiger partial charge in [0.2, 0.25) is 0 Å². The van der Waals surface area contributed by atoms with E-state index in [0.717, 1.165) is 0 Å². The number of hydrogen-bond acceptors (Lipinski definition) is 6. The van der Waals surface area contributed by atoms with Crippen molar-refractivity contribution >= 4 is 17.7 Å². The number of aliphatic hydroxyl groups excluding tert-OH is 1. The number of Topliss-reactive ketones (excluding diaryl/α,β-unsaturated/α-hetero) is 1.